The fourth-order valence-electron chi connectivity index (χ4n) is 3.14. The lowest BCUT2D eigenvalue weighted by Gasteiger charge is -2.23. The zero-order chi connectivity index (χ0) is 15.1. The van der Waals surface area contributed by atoms with Gasteiger partial charge in [-0.1, -0.05) is 6.07 Å². The molecule has 6 heteroatoms. The van der Waals surface area contributed by atoms with Gasteiger partial charge >= 0.3 is 0 Å². The minimum Gasteiger partial charge on any atom is -0.349 e. The second-order valence-electron chi connectivity index (χ2n) is 5.78. The van der Waals surface area contributed by atoms with E-state index >= 15 is 0 Å². The minimum absolute atomic E-state index is 0.0594. The number of hydrogen-bond acceptors (Lipinski definition) is 3. The summed E-state index contributed by atoms with van der Waals surface area (Å²) < 4.78 is 1.72. The molecule has 0 radical (unpaired) electrons. The average Bonchev–Trinajstić information content (AvgIpc) is 3.12. The van der Waals surface area contributed by atoms with E-state index in [-0.39, 0.29) is 11.9 Å². The number of rotatable bonds is 2. The highest BCUT2D eigenvalue weighted by atomic mass is 16.1. The maximum Gasteiger partial charge on any atom is 0.255 e. The number of hydrogen-bond donors (Lipinski definition) is 2. The molecule has 0 aliphatic heterocycles. The van der Waals surface area contributed by atoms with Crippen LogP contribution in [0.2, 0.25) is 0 Å². The molecule has 1 amide bonds. The molecule has 3 aromatic rings. The van der Waals surface area contributed by atoms with Crippen LogP contribution in [0, 0.1) is 6.92 Å². The number of carbonyl (C=O) groups is 1. The molecule has 1 aliphatic rings. The van der Waals surface area contributed by atoms with Gasteiger partial charge in [-0.05, 0) is 43.9 Å². The number of fused-ring (bicyclic) bond motifs is 2. The van der Waals surface area contributed by atoms with E-state index in [4.69, 9.17) is 0 Å². The van der Waals surface area contributed by atoms with Crippen LogP contribution in [0.5, 0.6) is 0 Å². The summed E-state index contributed by atoms with van der Waals surface area (Å²) >= 11 is 0. The number of aromatic nitrogens is 4. The first kappa shape index (κ1) is 13.1. The second-order valence-corrected chi connectivity index (χ2v) is 5.78. The summed E-state index contributed by atoms with van der Waals surface area (Å²) in [5.74, 6) is -0.0594. The molecule has 1 unspecified atom stereocenters. The molecule has 0 spiro atoms. The lowest BCUT2D eigenvalue weighted by molar-refractivity contribution is 0.0935. The summed E-state index contributed by atoms with van der Waals surface area (Å²) in [5.41, 5.74) is 4.94. The van der Waals surface area contributed by atoms with Gasteiger partial charge in [-0.15, -0.1) is 0 Å². The van der Waals surface area contributed by atoms with Gasteiger partial charge in [-0.2, -0.15) is 10.2 Å². The van der Waals surface area contributed by atoms with Crippen molar-refractivity contribution in [1.29, 1.82) is 0 Å². The first-order chi connectivity index (χ1) is 10.7. The Kier molecular flexibility index (Phi) is 2.96. The maximum absolute atomic E-state index is 12.5. The Morgan fingerprint density at radius 2 is 2.36 bits per heavy atom. The van der Waals surface area contributed by atoms with Gasteiger partial charge in [0, 0.05) is 17.9 Å². The van der Waals surface area contributed by atoms with Crippen LogP contribution in [0.25, 0.3) is 5.52 Å². The van der Waals surface area contributed by atoms with Crippen molar-refractivity contribution in [2.24, 2.45) is 0 Å². The zero-order valence-electron chi connectivity index (χ0n) is 12.3. The molecule has 3 aromatic heterocycles. The molecule has 0 aromatic carbocycles. The van der Waals surface area contributed by atoms with Crippen molar-refractivity contribution < 1.29 is 4.79 Å². The molecule has 2 N–H and O–H groups in total. The number of pyridine rings is 1. The number of H-pyrrole nitrogens is 1. The summed E-state index contributed by atoms with van der Waals surface area (Å²) in [6.07, 6.45) is 6.13. The van der Waals surface area contributed by atoms with Crippen LogP contribution in [-0.4, -0.2) is 31.8 Å². The molecule has 22 heavy (non-hydrogen) atoms. The molecule has 0 bridgehead atoms. The van der Waals surface area contributed by atoms with E-state index in [9.17, 15) is 4.79 Å². The van der Waals surface area contributed by atoms with Crippen molar-refractivity contribution in [2.75, 3.05) is 0 Å². The van der Waals surface area contributed by atoms with Crippen LogP contribution in [0.15, 0.2) is 30.6 Å². The predicted molar refractivity (Wildman–Crippen MR) is 81.8 cm³/mol. The van der Waals surface area contributed by atoms with Crippen molar-refractivity contribution in [1.82, 2.24) is 25.1 Å². The van der Waals surface area contributed by atoms with Crippen molar-refractivity contribution in [3.63, 3.8) is 0 Å². The Balaban J connectivity index is 1.54. The highest BCUT2D eigenvalue weighted by molar-refractivity contribution is 6.00. The summed E-state index contributed by atoms with van der Waals surface area (Å²) in [5, 5.41) is 14.7. The fraction of sp³-hybridized carbons (Fsp3) is 0.312. The Morgan fingerprint density at radius 3 is 3.27 bits per heavy atom. The fourth-order valence-corrected chi connectivity index (χ4v) is 3.14. The van der Waals surface area contributed by atoms with Crippen LogP contribution in [0.1, 0.15) is 33.7 Å². The van der Waals surface area contributed by atoms with Gasteiger partial charge in [-0.3, -0.25) is 9.89 Å². The largest absolute Gasteiger partial charge is 0.349 e. The van der Waals surface area contributed by atoms with Crippen molar-refractivity contribution in [3.05, 3.63) is 53.1 Å². The molecule has 1 atom stereocenters. The summed E-state index contributed by atoms with van der Waals surface area (Å²) in [6.45, 7) is 2.03. The van der Waals surface area contributed by atoms with Crippen LogP contribution in [-0.2, 0) is 12.8 Å². The van der Waals surface area contributed by atoms with Crippen LogP contribution in [0.3, 0.4) is 0 Å². The molecule has 0 saturated heterocycles. The van der Waals surface area contributed by atoms with Crippen LogP contribution >= 0.6 is 0 Å². The molecule has 0 saturated carbocycles. The highest BCUT2D eigenvalue weighted by Crippen LogP contribution is 2.22. The van der Waals surface area contributed by atoms with Gasteiger partial charge in [0.25, 0.3) is 5.91 Å². The Morgan fingerprint density at radius 1 is 1.45 bits per heavy atom. The minimum atomic E-state index is -0.0594. The third-order valence-corrected chi connectivity index (χ3v) is 4.35. The molecule has 3 heterocycles. The molecule has 4 rings (SSSR count). The number of amides is 1. The van der Waals surface area contributed by atoms with E-state index < -0.39 is 0 Å². The van der Waals surface area contributed by atoms with E-state index in [1.807, 2.05) is 31.3 Å². The lowest BCUT2D eigenvalue weighted by Crippen LogP contribution is -2.38. The number of carbonyl (C=O) groups excluding carboxylic acids is 1. The number of nitrogens with zero attached hydrogens (tertiary/aromatic N) is 3. The first-order valence-corrected chi connectivity index (χ1v) is 7.48. The average molecular weight is 295 g/mol. The maximum atomic E-state index is 12.5. The van der Waals surface area contributed by atoms with E-state index in [0.29, 0.717) is 5.56 Å². The van der Waals surface area contributed by atoms with E-state index in [2.05, 4.69) is 20.6 Å². The van der Waals surface area contributed by atoms with Gasteiger partial charge < -0.3 is 5.32 Å². The van der Waals surface area contributed by atoms with Crippen LogP contribution < -0.4 is 5.32 Å². The van der Waals surface area contributed by atoms with Gasteiger partial charge in [-0.25, -0.2) is 4.52 Å². The van der Waals surface area contributed by atoms with Gasteiger partial charge in [0.05, 0.1) is 23.0 Å². The highest BCUT2D eigenvalue weighted by Gasteiger charge is 2.24. The molecule has 6 nitrogen and oxygen atoms in total. The standard InChI is InChI=1S/C16H17N5O/c1-10-12-8-11(5-6-14(12)20-19-10)18-16(22)13-9-17-21-7-3-2-4-15(13)21/h2-4,7,9,11H,5-6,8H2,1H3,(H,18,22)(H,19,20). The Labute approximate surface area is 127 Å². The number of aryl methyl sites for hydroxylation is 2. The quantitative estimate of drug-likeness (QED) is 0.755. The summed E-state index contributed by atoms with van der Waals surface area (Å²) in [7, 11) is 0. The molecule has 0 fully saturated rings. The van der Waals surface area contributed by atoms with E-state index in [0.717, 1.165) is 36.2 Å². The topological polar surface area (TPSA) is 75.1 Å². The predicted octanol–water partition coefficient (Wildman–Crippen LogP) is 1.65. The smallest absolute Gasteiger partial charge is 0.255 e. The molecule has 112 valence electrons. The monoisotopic (exact) mass is 295 g/mol. The van der Waals surface area contributed by atoms with E-state index in [1.165, 1.54) is 5.56 Å². The van der Waals surface area contributed by atoms with Crippen molar-refractivity contribution in [3.8, 4) is 0 Å². The number of aromatic amines is 1. The number of nitrogens with one attached hydrogen (secondary N) is 2. The zero-order valence-corrected chi connectivity index (χ0v) is 12.3. The second kappa shape index (κ2) is 4.98. The van der Waals surface area contributed by atoms with Gasteiger partial charge in [0.15, 0.2) is 0 Å². The van der Waals surface area contributed by atoms with E-state index in [1.54, 1.807) is 10.7 Å². The van der Waals surface area contributed by atoms with Crippen molar-refractivity contribution >= 4 is 11.4 Å². The molecular formula is C16H17N5O. The molecule has 1 aliphatic carbocycles. The summed E-state index contributed by atoms with van der Waals surface area (Å²) in [4.78, 5) is 12.5. The Hall–Kier alpha value is -2.63. The first-order valence-electron chi connectivity index (χ1n) is 7.48. The SMILES string of the molecule is Cc1[nH]nc2c1CC(NC(=O)c1cnn3ccccc13)CC2. The lowest BCUT2D eigenvalue weighted by atomic mass is 9.91. The Bertz CT molecular complexity index is 847. The third kappa shape index (κ3) is 2.07. The summed E-state index contributed by atoms with van der Waals surface area (Å²) in [6, 6.07) is 5.86. The molecular weight excluding hydrogens is 278 g/mol. The third-order valence-electron chi connectivity index (χ3n) is 4.35. The van der Waals surface area contributed by atoms with Gasteiger partial charge in [0.2, 0.25) is 0 Å². The van der Waals surface area contributed by atoms with Crippen molar-refractivity contribution in [2.45, 2.75) is 32.2 Å². The normalized spacial score (nSPS) is 17.4. The van der Waals surface area contributed by atoms with Crippen LogP contribution in [0.4, 0.5) is 0 Å². The van der Waals surface area contributed by atoms with Gasteiger partial charge in [0.1, 0.15) is 0 Å².